The summed E-state index contributed by atoms with van der Waals surface area (Å²) in [5, 5.41) is 13.0. The molecule has 1 unspecified atom stereocenters. The number of nitrogens with one attached hydrogen (secondary N) is 1. The predicted molar refractivity (Wildman–Crippen MR) is 78.6 cm³/mol. The molecule has 116 valence electrons. The minimum Gasteiger partial charge on any atom is -0.394 e. The second-order valence-corrected chi connectivity index (χ2v) is 5.60. The molecule has 0 aromatic heterocycles. The van der Waals surface area contributed by atoms with E-state index >= 15 is 0 Å². The maximum Gasteiger partial charge on any atom is 0.0611 e. The molecule has 0 bridgehead atoms. The lowest BCUT2D eigenvalue weighted by Crippen LogP contribution is -2.51. The van der Waals surface area contributed by atoms with Crippen molar-refractivity contribution in [1.29, 1.82) is 0 Å². The van der Waals surface area contributed by atoms with Crippen molar-refractivity contribution in [1.82, 2.24) is 10.2 Å². The van der Waals surface area contributed by atoms with Gasteiger partial charge in [-0.1, -0.05) is 13.8 Å². The van der Waals surface area contributed by atoms with Crippen LogP contribution in [0.2, 0.25) is 0 Å². The van der Waals surface area contributed by atoms with Crippen LogP contribution in [0.5, 0.6) is 0 Å². The van der Waals surface area contributed by atoms with Crippen molar-refractivity contribution in [2.75, 3.05) is 53.7 Å². The summed E-state index contributed by atoms with van der Waals surface area (Å²) in [5.41, 5.74) is -0.230. The van der Waals surface area contributed by atoms with Crippen LogP contribution in [0.4, 0.5) is 0 Å². The van der Waals surface area contributed by atoms with E-state index < -0.39 is 0 Å². The summed E-state index contributed by atoms with van der Waals surface area (Å²) in [6.45, 7) is 10.6. The van der Waals surface area contributed by atoms with E-state index in [2.05, 4.69) is 31.0 Å². The molecule has 0 spiro atoms. The van der Waals surface area contributed by atoms with Crippen molar-refractivity contribution in [3.05, 3.63) is 0 Å². The van der Waals surface area contributed by atoms with Crippen LogP contribution in [0.1, 0.15) is 27.2 Å². The zero-order chi connectivity index (χ0) is 14.7. The smallest absolute Gasteiger partial charge is 0.0611 e. The van der Waals surface area contributed by atoms with Gasteiger partial charge in [-0.25, -0.2) is 0 Å². The fourth-order valence-electron chi connectivity index (χ4n) is 2.07. The standard InChI is InChI=1S/C14H32N2O3/c1-13(2)15-14(3,12-17)6-7-16(8-10-18-4)9-11-19-5/h13,15,17H,6-12H2,1-5H3. The topological polar surface area (TPSA) is 54.0 Å². The Morgan fingerprint density at radius 2 is 1.63 bits per heavy atom. The van der Waals surface area contributed by atoms with Crippen LogP contribution in [0.3, 0.4) is 0 Å². The first-order chi connectivity index (χ1) is 8.97. The van der Waals surface area contributed by atoms with Gasteiger partial charge in [-0.3, -0.25) is 4.90 Å². The molecule has 0 aliphatic rings. The average molecular weight is 276 g/mol. The number of ether oxygens (including phenoxy) is 2. The monoisotopic (exact) mass is 276 g/mol. The molecule has 0 amide bonds. The Balaban J connectivity index is 4.23. The lowest BCUT2D eigenvalue weighted by molar-refractivity contribution is 0.0952. The Morgan fingerprint density at radius 1 is 1.11 bits per heavy atom. The van der Waals surface area contributed by atoms with Crippen LogP contribution in [0, 0.1) is 0 Å². The Labute approximate surface area is 118 Å². The van der Waals surface area contributed by atoms with Gasteiger partial charge >= 0.3 is 0 Å². The number of methoxy groups -OCH3 is 2. The summed E-state index contributed by atoms with van der Waals surface area (Å²) in [5.74, 6) is 0. The molecule has 1 atom stereocenters. The molecule has 0 aliphatic heterocycles. The third kappa shape index (κ3) is 9.35. The lowest BCUT2D eigenvalue weighted by atomic mass is 9.97. The quantitative estimate of drug-likeness (QED) is 0.550. The molecule has 0 aromatic rings. The Hall–Kier alpha value is -0.200. The summed E-state index contributed by atoms with van der Waals surface area (Å²) < 4.78 is 10.3. The summed E-state index contributed by atoms with van der Waals surface area (Å²) in [4.78, 5) is 2.31. The first kappa shape index (κ1) is 18.8. The normalized spacial score (nSPS) is 15.2. The van der Waals surface area contributed by atoms with Crippen LogP contribution >= 0.6 is 0 Å². The molecular weight excluding hydrogens is 244 g/mol. The molecule has 19 heavy (non-hydrogen) atoms. The van der Waals surface area contributed by atoms with Crippen molar-refractivity contribution in [3.63, 3.8) is 0 Å². The van der Waals surface area contributed by atoms with Crippen molar-refractivity contribution in [3.8, 4) is 0 Å². The minimum absolute atomic E-state index is 0.146. The summed E-state index contributed by atoms with van der Waals surface area (Å²) >= 11 is 0. The van der Waals surface area contributed by atoms with Gasteiger partial charge in [-0.2, -0.15) is 0 Å². The van der Waals surface area contributed by atoms with Gasteiger partial charge in [-0.05, 0) is 13.3 Å². The van der Waals surface area contributed by atoms with E-state index in [0.29, 0.717) is 6.04 Å². The molecule has 5 heteroatoms. The summed E-state index contributed by atoms with van der Waals surface area (Å²) in [7, 11) is 3.43. The van der Waals surface area contributed by atoms with Crippen LogP contribution < -0.4 is 5.32 Å². The molecule has 0 fully saturated rings. The van der Waals surface area contributed by atoms with Crippen LogP contribution in [-0.2, 0) is 9.47 Å². The first-order valence-electron chi connectivity index (χ1n) is 7.06. The molecule has 0 rings (SSSR count). The zero-order valence-electron chi connectivity index (χ0n) is 13.2. The van der Waals surface area contributed by atoms with E-state index in [9.17, 15) is 5.11 Å². The Morgan fingerprint density at radius 3 is 2.00 bits per heavy atom. The van der Waals surface area contributed by atoms with E-state index in [1.165, 1.54) is 0 Å². The third-order valence-electron chi connectivity index (χ3n) is 3.19. The lowest BCUT2D eigenvalue weighted by Gasteiger charge is -2.33. The van der Waals surface area contributed by atoms with Crippen molar-refractivity contribution in [2.45, 2.75) is 38.8 Å². The number of aliphatic hydroxyl groups is 1. The van der Waals surface area contributed by atoms with Gasteiger partial charge in [0.15, 0.2) is 0 Å². The van der Waals surface area contributed by atoms with Gasteiger partial charge in [0.25, 0.3) is 0 Å². The van der Waals surface area contributed by atoms with Crippen LogP contribution in [0.15, 0.2) is 0 Å². The zero-order valence-corrected chi connectivity index (χ0v) is 13.2. The summed E-state index contributed by atoms with van der Waals surface area (Å²) in [6.07, 6.45) is 0.898. The van der Waals surface area contributed by atoms with Gasteiger partial charge < -0.3 is 19.9 Å². The fraction of sp³-hybridized carbons (Fsp3) is 1.00. The van der Waals surface area contributed by atoms with E-state index in [1.54, 1.807) is 14.2 Å². The average Bonchev–Trinajstić information content (AvgIpc) is 2.37. The molecular formula is C14H32N2O3. The van der Waals surface area contributed by atoms with Gasteiger partial charge in [-0.15, -0.1) is 0 Å². The number of hydrogen-bond acceptors (Lipinski definition) is 5. The van der Waals surface area contributed by atoms with Gasteiger partial charge in [0.05, 0.1) is 19.8 Å². The van der Waals surface area contributed by atoms with Crippen molar-refractivity contribution >= 4 is 0 Å². The van der Waals surface area contributed by atoms with E-state index in [4.69, 9.17) is 9.47 Å². The number of rotatable bonds is 12. The largest absolute Gasteiger partial charge is 0.394 e. The summed E-state index contributed by atoms with van der Waals surface area (Å²) in [6, 6.07) is 0.364. The maximum atomic E-state index is 9.57. The number of aliphatic hydroxyl groups excluding tert-OH is 1. The highest BCUT2D eigenvalue weighted by molar-refractivity contribution is 4.85. The minimum atomic E-state index is -0.230. The predicted octanol–water partition coefficient (Wildman–Crippen LogP) is 0.720. The van der Waals surface area contributed by atoms with Crippen molar-refractivity contribution < 1.29 is 14.6 Å². The fourth-order valence-corrected chi connectivity index (χ4v) is 2.07. The molecule has 0 radical (unpaired) electrons. The SMILES string of the molecule is COCCN(CCOC)CCC(C)(CO)NC(C)C. The van der Waals surface area contributed by atoms with Gasteiger partial charge in [0.1, 0.15) is 0 Å². The number of nitrogens with zero attached hydrogens (tertiary/aromatic N) is 1. The van der Waals surface area contributed by atoms with Crippen LogP contribution in [0.25, 0.3) is 0 Å². The van der Waals surface area contributed by atoms with E-state index in [0.717, 1.165) is 39.3 Å². The molecule has 2 N–H and O–H groups in total. The Bertz CT molecular complexity index is 207. The molecule has 0 aliphatic carbocycles. The van der Waals surface area contributed by atoms with Crippen LogP contribution in [-0.4, -0.2) is 75.3 Å². The Kier molecular flexibility index (Phi) is 10.5. The molecule has 0 aromatic carbocycles. The second kappa shape index (κ2) is 10.6. The molecule has 0 saturated heterocycles. The second-order valence-electron chi connectivity index (χ2n) is 5.60. The van der Waals surface area contributed by atoms with E-state index in [1.807, 2.05) is 0 Å². The molecule has 5 nitrogen and oxygen atoms in total. The van der Waals surface area contributed by atoms with Gasteiger partial charge in [0, 0.05) is 45.4 Å². The first-order valence-corrected chi connectivity index (χ1v) is 7.06. The highest BCUT2D eigenvalue weighted by Crippen LogP contribution is 2.11. The van der Waals surface area contributed by atoms with Gasteiger partial charge in [0.2, 0.25) is 0 Å². The highest BCUT2D eigenvalue weighted by atomic mass is 16.5. The maximum absolute atomic E-state index is 9.57. The molecule has 0 heterocycles. The van der Waals surface area contributed by atoms with E-state index in [-0.39, 0.29) is 12.1 Å². The number of hydrogen-bond donors (Lipinski definition) is 2. The van der Waals surface area contributed by atoms with Crippen molar-refractivity contribution in [2.24, 2.45) is 0 Å². The highest BCUT2D eigenvalue weighted by Gasteiger charge is 2.24. The third-order valence-corrected chi connectivity index (χ3v) is 3.19. The molecule has 0 saturated carbocycles.